The number of amides is 1. The molecule has 3 unspecified atom stereocenters. The summed E-state index contributed by atoms with van der Waals surface area (Å²) in [4.78, 5) is 14.4. The minimum atomic E-state index is -0.437. The van der Waals surface area contributed by atoms with E-state index in [0.29, 0.717) is 24.7 Å². The molecular formula is C17H33N3O2. The van der Waals surface area contributed by atoms with Gasteiger partial charge in [0.05, 0.1) is 0 Å². The van der Waals surface area contributed by atoms with Crippen molar-refractivity contribution in [3.63, 3.8) is 0 Å². The Hall–Kier alpha value is -0.810. The molecule has 2 heterocycles. The molecule has 0 bridgehead atoms. The minimum absolute atomic E-state index is 0.315. The molecule has 0 spiro atoms. The summed E-state index contributed by atoms with van der Waals surface area (Å²) >= 11 is 0. The van der Waals surface area contributed by atoms with Crippen molar-refractivity contribution in [3.8, 4) is 0 Å². The lowest BCUT2D eigenvalue weighted by molar-refractivity contribution is 0.0520. The van der Waals surface area contributed by atoms with Crippen molar-refractivity contribution < 1.29 is 9.53 Å². The topological polar surface area (TPSA) is 53.6 Å². The number of nitrogens with one attached hydrogen (secondary N) is 2. The summed E-state index contributed by atoms with van der Waals surface area (Å²) in [7, 11) is 0. The van der Waals surface area contributed by atoms with E-state index in [1.54, 1.807) is 0 Å². The number of nitrogens with zero attached hydrogens (tertiary/aromatic N) is 1. The van der Waals surface area contributed by atoms with Crippen LogP contribution in [0.25, 0.3) is 0 Å². The van der Waals surface area contributed by atoms with Crippen LogP contribution in [0.15, 0.2) is 0 Å². The van der Waals surface area contributed by atoms with Crippen molar-refractivity contribution in [2.24, 2.45) is 0 Å². The highest BCUT2D eigenvalue weighted by Gasteiger charge is 2.37. The van der Waals surface area contributed by atoms with Crippen LogP contribution in [0, 0.1) is 0 Å². The Bertz CT molecular complexity index is 367. The van der Waals surface area contributed by atoms with Gasteiger partial charge in [-0.25, -0.2) is 4.79 Å². The predicted octanol–water partition coefficient (Wildman–Crippen LogP) is 2.51. The molecule has 2 saturated heterocycles. The number of carbonyl (C=O) groups is 1. The minimum Gasteiger partial charge on any atom is -0.444 e. The van der Waals surface area contributed by atoms with Crippen LogP contribution in [0.2, 0.25) is 0 Å². The average Bonchev–Trinajstić information content (AvgIpc) is 2.99. The maximum atomic E-state index is 11.8. The van der Waals surface area contributed by atoms with Crippen LogP contribution in [0.3, 0.4) is 0 Å². The van der Waals surface area contributed by atoms with Gasteiger partial charge in [-0.1, -0.05) is 13.3 Å². The van der Waals surface area contributed by atoms with Gasteiger partial charge in [0.25, 0.3) is 0 Å². The second-order valence-electron chi connectivity index (χ2n) is 7.68. The van der Waals surface area contributed by atoms with Crippen molar-refractivity contribution in [2.75, 3.05) is 19.6 Å². The first-order chi connectivity index (χ1) is 10.4. The van der Waals surface area contributed by atoms with Crippen molar-refractivity contribution in [1.82, 2.24) is 15.5 Å². The third-order valence-corrected chi connectivity index (χ3v) is 4.58. The smallest absolute Gasteiger partial charge is 0.407 e. The van der Waals surface area contributed by atoms with Gasteiger partial charge < -0.3 is 15.4 Å². The van der Waals surface area contributed by atoms with Gasteiger partial charge in [0.15, 0.2) is 0 Å². The van der Waals surface area contributed by atoms with Gasteiger partial charge in [-0.2, -0.15) is 0 Å². The molecule has 0 saturated carbocycles. The van der Waals surface area contributed by atoms with E-state index in [4.69, 9.17) is 4.74 Å². The molecule has 128 valence electrons. The standard InChI is InChI=1S/C17H33N3O2/c1-5-7-13(12-18-16(21)22-17(2,3)4)19-14-9-11-20-10-6-8-15(14)20/h13-15,19H,5-12H2,1-4H3,(H,18,21). The van der Waals surface area contributed by atoms with E-state index in [9.17, 15) is 4.79 Å². The number of alkyl carbamates (subject to hydrolysis) is 1. The van der Waals surface area contributed by atoms with E-state index >= 15 is 0 Å². The van der Waals surface area contributed by atoms with Crippen molar-refractivity contribution in [3.05, 3.63) is 0 Å². The summed E-state index contributed by atoms with van der Waals surface area (Å²) in [5.74, 6) is 0. The highest BCUT2D eigenvalue weighted by Crippen LogP contribution is 2.28. The number of fused-ring (bicyclic) bond motifs is 1. The molecule has 0 aromatic carbocycles. The number of hydrogen-bond donors (Lipinski definition) is 2. The second kappa shape index (κ2) is 7.64. The van der Waals surface area contributed by atoms with Crippen LogP contribution in [0.1, 0.15) is 59.8 Å². The van der Waals surface area contributed by atoms with Crippen LogP contribution in [-0.2, 0) is 4.74 Å². The fraction of sp³-hybridized carbons (Fsp3) is 0.941. The first kappa shape index (κ1) is 17.5. The fourth-order valence-electron chi connectivity index (χ4n) is 3.69. The van der Waals surface area contributed by atoms with E-state index in [-0.39, 0.29) is 6.09 Å². The van der Waals surface area contributed by atoms with Gasteiger partial charge in [-0.3, -0.25) is 4.90 Å². The van der Waals surface area contributed by atoms with Crippen molar-refractivity contribution in [1.29, 1.82) is 0 Å². The van der Waals surface area contributed by atoms with Gasteiger partial charge in [0.1, 0.15) is 5.60 Å². The van der Waals surface area contributed by atoms with E-state index in [1.165, 1.54) is 32.4 Å². The third-order valence-electron chi connectivity index (χ3n) is 4.58. The zero-order chi connectivity index (χ0) is 16.2. The van der Waals surface area contributed by atoms with E-state index in [2.05, 4.69) is 22.5 Å². The summed E-state index contributed by atoms with van der Waals surface area (Å²) < 4.78 is 5.32. The van der Waals surface area contributed by atoms with Gasteiger partial charge in [-0.05, 0) is 53.0 Å². The quantitative estimate of drug-likeness (QED) is 0.791. The molecule has 2 rings (SSSR count). The normalized spacial score (nSPS) is 26.7. The number of carbonyl (C=O) groups excluding carboxylic acids is 1. The Morgan fingerprint density at radius 2 is 2.09 bits per heavy atom. The zero-order valence-corrected chi connectivity index (χ0v) is 14.7. The Morgan fingerprint density at radius 3 is 2.77 bits per heavy atom. The Labute approximate surface area is 135 Å². The molecule has 0 radical (unpaired) electrons. The molecule has 5 heteroatoms. The van der Waals surface area contributed by atoms with Gasteiger partial charge >= 0.3 is 6.09 Å². The highest BCUT2D eigenvalue weighted by molar-refractivity contribution is 5.67. The van der Waals surface area contributed by atoms with Crippen molar-refractivity contribution in [2.45, 2.75) is 83.5 Å². The Morgan fingerprint density at radius 1 is 1.32 bits per heavy atom. The molecule has 0 aromatic heterocycles. The zero-order valence-electron chi connectivity index (χ0n) is 14.7. The molecule has 2 aliphatic rings. The molecule has 2 N–H and O–H groups in total. The van der Waals surface area contributed by atoms with E-state index < -0.39 is 5.60 Å². The third kappa shape index (κ3) is 5.13. The lowest BCUT2D eigenvalue weighted by Crippen LogP contribution is -2.49. The van der Waals surface area contributed by atoms with Gasteiger partial charge in [0.2, 0.25) is 0 Å². The average molecular weight is 311 g/mol. The van der Waals surface area contributed by atoms with Crippen LogP contribution >= 0.6 is 0 Å². The first-order valence-electron chi connectivity index (χ1n) is 8.86. The number of rotatable bonds is 6. The van der Waals surface area contributed by atoms with Gasteiger partial charge in [0, 0.05) is 31.2 Å². The summed E-state index contributed by atoms with van der Waals surface area (Å²) in [5, 5.41) is 6.72. The molecule has 3 atom stereocenters. The van der Waals surface area contributed by atoms with Crippen LogP contribution < -0.4 is 10.6 Å². The maximum absolute atomic E-state index is 11.8. The molecule has 2 aliphatic heterocycles. The molecule has 5 nitrogen and oxygen atoms in total. The summed E-state index contributed by atoms with van der Waals surface area (Å²) in [6.07, 6.45) is 5.77. The molecular weight excluding hydrogens is 278 g/mol. The van der Waals surface area contributed by atoms with Crippen LogP contribution in [0.4, 0.5) is 4.79 Å². The first-order valence-corrected chi connectivity index (χ1v) is 8.86. The lowest BCUT2D eigenvalue weighted by atomic mass is 10.0. The molecule has 1 amide bonds. The fourth-order valence-corrected chi connectivity index (χ4v) is 3.69. The largest absolute Gasteiger partial charge is 0.444 e. The van der Waals surface area contributed by atoms with Crippen LogP contribution in [-0.4, -0.2) is 54.4 Å². The Balaban J connectivity index is 1.78. The Kier molecular flexibility index (Phi) is 6.09. The molecule has 0 aromatic rings. The summed E-state index contributed by atoms with van der Waals surface area (Å²) in [6, 6.07) is 1.63. The SMILES string of the molecule is CCCC(CNC(=O)OC(C)(C)C)NC1CCN2CCCC12. The van der Waals surface area contributed by atoms with E-state index in [0.717, 1.165) is 12.8 Å². The monoisotopic (exact) mass is 311 g/mol. The highest BCUT2D eigenvalue weighted by atomic mass is 16.6. The van der Waals surface area contributed by atoms with Gasteiger partial charge in [-0.15, -0.1) is 0 Å². The van der Waals surface area contributed by atoms with E-state index in [1.807, 2.05) is 20.8 Å². The number of ether oxygens (including phenoxy) is 1. The van der Waals surface area contributed by atoms with Crippen molar-refractivity contribution >= 4 is 6.09 Å². The summed E-state index contributed by atoms with van der Waals surface area (Å²) in [5.41, 5.74) is -0.437. The molecule has 0 aliphatic carbocycles. The second-order valence-corrected chi connectivity index (χ2v) is 7.68. The predicted molar refractivity (Wildman–Crippen MR) is 89.1 cm³/mol. The number of hydrogen-bond acceptors (Lipinski definition) is 4. The van der Waals surface area contributed by atoms with Crippen LogP contribution in [0.5, 0.6) is 0 Å². The maximum Gasteiger partial charge on any atom is 0.407 e. The molecule has 22 heavy (non-hydrogen) atoms. The molecule has 2 fully saturated rings. The lowest BCUT2D eigenvalue weighted by Gasteiger charge is -2.28. The summed E-state index contributed by atoms with van der Waals surface area (Å²) in [6.45, 7) is 11.0.